The van der Waals surface area contributed by atoms with Gasteiger partial charge in [-0.1, -0.05) is 96.8 Å². The molecular formula is C30H61NO7Si. The average Bonchev–Trinajstić information content (AvgIpc) is 2.94. The van der Waals surface area contributed by atoms with Crippen molar-refractivity contribution in [3.63, 3.8) is 0 Å². The number of hydrogen-bond donors (Lipinski definition) is 1. The van der Waals surface area contributed by atoms with Crippen LogP contribution in [-0.4, -0.2) is 67.9 Å². The monoisotopic (exact) mass is 575 g/mol. The topological polar surface area (TPSA) is 92.3 Å². The van der Waals surface area contributed by atoms with Crippen molar-refractivity contribution in [3.05, 3.63) is 0 Å². The zero-order valence-corrected chi connectivity index (χ0v) is 27.0. The van der Waals surface area contributed by atoms with E-state index in [4.69, 9.17) is 22.8 Å². The Kier molecular flexibility index (Phi) is 26.5. The fourth-order valence-corrected chi connectivity index (χ4v) is 6.26. The average molecular weight is 576 g/mol. The number of carbonyl (C=O) groups excluding carboxylic acids is 2. The third kappa shape index (κ3) is 23.4. The molecule has 0 amide bonds. The molecule has 0 aromatic heterocycles. The molecule has 0 saturated heterocycles. The van der Waals surface area contributed by atoms with Gasteiger partial charge >= 0.3 is 20.7 Å². The number of rotatable bonds is 29. The Bertz CT molecular complexity index is 567. The van der Waals surface area contributed by atoms with Crippen molar-refractivity contribution in [1.29, 1.82) is 0 Å². The van der Waals surface area contributed by atoms with Gasteiger partial charge in [0.05, 0.1) is 6.42 Å². The van der Waals surface area contributed by atoms with Crippen LogP contribution in [0.15, 0.2) is 0 Å². The van der Waals surface area contributed by atoms with Crippen molar-refractivity contribution >= 4 is 20.7 Å². The zero-order chi connectivity index (χ0) is 29.0. The molecule has 0 rings (SSSR count). The molecule has 0 radical (unpaired) electrons. The van der Waals surface area contributed by atoms with Crippen LogP contribution in [0.3, 0.4) is 0 Å². The first kappa shape index (κ1) is 38.0. The van der Waals surface area contributed by atoms with E-state index in [9.17, 15) is 9.59 Å². The summed E-state index contributed by atoms with van der Waals surface area (Å²) in [5.41, 5.74) is 0. The van der Waals surface area contributed by atoms with E-state index in [1.807, 2.05) is 0 Å². The molecule has 0 aliphatic heterocycles. The van der Waals surface area contributed by atoms with Crippen LogP contribution in [0.25, 0.3) is 0 Å². The molecule has 0 saturated carbocycles. The van der Waals surface area contributed by atoms with Crippen LogP contribution < -0.4 is 5.32 Å². The lowest BCUT2D eigenvalue weighted by Gasteiger charge is -2.24. The van der Waals surface area contributed by atoms with Crippen LogP contribution in [0.2, 0.25) is 6.04 Å². The van der Waals surface area contributed by atoms with Crippen LogP contribution in [-0.2, 0) is 32.3 Å². The summed E-state index contributed by atoms with van der Waals surface area (Å²) >= 11 is 0. The number of esters is 2. The molecule has 0 spiro atoms. The van der Waals surface area contributed by atoms with Crippen LogP contribution >= 0.6 is 0 Å². The van der Waals surface area contributed by atoms with E-state index in [1.165, 1.54) is 83.5 Å². The fraction of sp³-hybridized carbons (Fsp3) is 0.933. The summed E-state index contributed by atoms with van der Waals surface area (Å²) in [6.45, 7) is 5.37. The van der Waals surface area contributed by atoms with E-state index >= 15 is 0 Å². The number of ether oxygens (including phenoxy) is 2. The molecule has 0 bridgehead atoms. The molecule has 8 nitrogen and oxygen atoms in total. The van der Waals surface area contributed by atoms with E-state index in [0.29, 0.717) is 19.0 Å². The van der Waals surface area contributed by atoms with Crippen molar-refractivity contribution in [2.24, 2.45) is 0 Å². The predicted molar refractivity (Wildman–Crippen MR) is 160 cm³/mol. The largest absolute Gasteiger partial charge is 0.500 e. The van der Waals surface area contributed by atoms with Gasteiger partial charge in [-0.3, -0.25) is 9.59 Å². The summed E-state index contributed by atoms with van der Waals surface area (Å²) in [4.78, 5) is 24.0. The fourth-order valence-electron chi connectivity index (χ4n) is 4.54. The van der Waals surface area contributed by atoms with Gasteiger partial charge in [0.2, 0.25) is 0 Å². The first-order valence-corrected chi connectivity index (χ1v) is 17.6. The van der Waals surface area contributed by atoms with E-state index < -0.39 is 14.9 Å². The molecule has 232 valence electrons. The van der Waals surface area contributed by atoms with Gasteiger partial charge in [-0.25, -0.2) is 0 Å². The Hall–Kier alpha value is -1.00. The Morgan fingerprint density at radius 3 is 1.62 bits per heavy atom. The maximum absolute atomic E-state index is 12.0. The van der Waals surface area contributed by atoms with Gasteiger partial charge in [0.1, 0.15) is 12.7 Å². The Balaban J connectivity index is 3.54. The lowest BCUT2D eigenvalue weighted by atomic mass is 10.0. The van der Waals surface area contributed by atoms with Crippen LogP contribution in [0.5, 0.6) is 0 Å². The van der Waals surface area contributed by atoms with Gasteiger partial charge in [0.25, 0.3) is 0 Å². The zero-order valence-electron chi connectivity index (χ0n) is 26.0. The van der Waals surface area contributed by atoms with Crippen LogP contribution in [0, 0.1) is 0 Å². The number of unbranched alkanes of at least 4 members (excludes halogenated alkanes) is 14. The van der Waals surface area contributed by atoms with Gasteiger partial charge in [0.15, 0.2) is 0 Å². The Morgan fingerprint density at radius 2 is 1.13 bits per heavy atom. The summed E-state index contributed by atoms with van der Waals surface area (Å²) in [5.74, 6) is -0.514. The molecule has 0 aromatic carbocycles. The highest BCUT2D eigenvalue weighted by atomic mass is 28.4. The molecule has 1 atom stereocenters. The molecule has 0 fully saturated rings. The molecule has 9 heteroatoms. The minimum Gasteiger partial charge on any atom is -0.462 e. The summed E-state index contributed by atoms with van der Waals surface area (Å²) in [7, 11) is 2.26. The minimum atomic E-state index is -2.54. The first-order valence-electron chi connectivity index (χ1n) is 15.6. The third-order valence-corrected chi connectivity index (χ3v) is 9.90. The van der Waals surface area contributed by atoms with E-state index in [-0.39, 0.29) is 25.0 Å². The molecule has 1 N–H and O–H groups in total. The lowest BCUT2D eigenvalue weighted by Crippen LogP contribution is -2.43. The van der Waals surface area contributed by atoms with Crippen molar-refractivity contribution < 1.29 is 32.3 Å². The highest BCUT2D eigenvalue weighted by molar-refractivity contribution is 6.60. The van der Waals surface area contributed by atoms with Crippen LogP contribution in [0.1, 0.15) is 129 Å². The van der Waals surface area contributed by atoms with E-state index in [1.54, 1.807) is 28.3 Å². The van der Waals surface area contributed by atoms with Crippen molar-refractivity contribution in [2.75, 3.05) is 41.0 Å². The summed E-state index contributed by atoms with van der Waals surface area (Å²) < 4.78 is 26.8. The summed E-state index contributed by atoms with van der Waals surface area (Å²) in [5, 5.41) is 3.21. The maximum Gasteiger partial charge on any atom is 0.500 e. The van der Waals surface area contributed by atoms with Gasteiger partial charge < -0.3 is 28.1 Å². The molecule has 0 aromatic rings. The van der Waals surface area contributed by atoms with Crippen molar-refractivity contribution in [2.45, 2.75) is 142 Å². The number of carbonyl (C=O) groups is 2. The quantitative estimate of drug-likeness (QED) is 0.0581. The SMILES string of the molecule is CCCCCCCCCCCCCCCCCC(=O)OC(C)COC(=O)CCNCCC[Si](OC)(OC)OC. The first-order chi connectivity index (χ1) is 18.9. The second kappa shape index (κ2) is 27.2. The summed E-state index contributed by atoms with van der Waals surface area (Å²) in [6.07, 6.45) is 20.6. The van der Waals surface area contributed by atoms with Crippen molar-refractivity contribution in [1.82, 2.24) is 5.32 Å². The van der Waals surface area contributed by atoms with Gasteiger partial charge in [-0.15, -0.1) is 0 Å². The van der Waals surface area contributed by atoms with Crippen LogP contribution in [0.4, 0.5) is 0 Å². The highest BCUT2D eigenvalue weighted by Crippen LogP contribution is 2.15. The lowest BCUT2D eigenvalue weighted by molar-refractivity contribution is -0.158. The van der Waals surface area contributed by atoms with Crippen molar-refractivity contribution in [3.8, 4) is 0 Å². The third-order valence-electron chi connectivity index (χ3n) is 7.07. The standard InChI is InChI=1S/C30H61NO7Si/c1-6-7-8-9-10-11-12-13-14-15-16-17-18-19-20-22-30(33)38-28(2)27-37-29(32)23-25-31-24-21-26-39(34-3,35-4)36-5/h28,31H,6-27H2,1-5H3. The molecule has 39 heavy (non-hydrogen) atoms. The van der Waals surface area contributed by atoms with E-state index in [0.717, 1.165) is 25.8 Å². The molecule has 1 unspecified atom stereocenters. The second-order valence-electron chi connectivity index (χ2n) is 10.6. The minimum absolute atomic E-state index is 0.0903. The normalized spacial score (nSPS) is 12.4. The Morgan fingerprint density at radius 1 is 0.641 bits per heavy atom. The van der Waals surface area contributed by atoms with Gasteiger partial charge in [-0.05, 0) is 26.3 Å². The molecular weight excluding hydrogens is 514 g/mol. The summed E-state index contributed by atoms with van der Waals surface area (Å²) in [6, 6.07) is 0.705. The van der Waals surface area contributed by atoms with E-state index in [2.05, 4.69) is 12.2 Å². The maximum atomic E-state index is 12.0. The predicted octanol–water partition coefficient (Wildman–Crippen LogP) is 6.97. The van der Waals surface area contributed by atoms with Gasteiger partial charge in [-0.2, -0.15) is 0 Å². The molecule has 0 aliphatic carbocycles. The smallest absolute Gasteiger partial charge is 0.462 e. The Labute approximate surface area is 241 Å². The second-order valence-corrected chi connectivity index (χ2v) is 13.7. The number of hydrogen-bond acceptors (Lipinski definition) is 8. The molecule has 0 aliphatic rings. The molecule has 0 heterocycles. The number of nitrogens with one attached hydrogen (secondary N) is 1. The van der Waals surface area contributed by atoms with Gasteiger partial charge in [0, 0.05) is 40.3 Å². The highest BCUT2D eigenvalue weighted by Gasteiger charge is 2.36.